The molecule has 0 aliphatic heterocycles. The standard InChI is InChI=1S/C16H21N5O3S/c1-2-9-19-16-20-11-8-14(21-16)15(22)18-10-7-12-3-5-13(6-4-12)25(17,23)24/h3-6,8,11H,2,7,9-10H2,1H3,(H,18,22)(H2,17,23,24)(H,19,20,21). The van der Waals surface area contributed by atoms with Crippen LogP contribution in [0.25, 0.3) is 0 Å². The maximum Gasteiger partial charge on any atom is 0.270 e. The Kier molecular flexibility index (Phi) is 6.43. The number of nitrogens with two attached hydrogens (primary N) is 1. The molecule has 0 aliphatic carbocycles. The van der Waals surface area contributed by atoms with Crippen molar-refractivity contribution in [3.05, 3.63) is 47.8 Å². The fourth-order valence-corrected chi connectivity index (χ4v) is 2.58. The Balaban J connectivity index is 1.88. The summed E-state index contributed by atoms with van der Waals surface area (Å²) in [6, 6.07) is 7.78. The average molecular weight is 363 g/mol. The minimum atomic E-state index is -3.69. The summed E-state index contributed by atoms with van der Waals surface area (Å²) in [6.45, 7) is 3.16. The van der Waals surface area contributed by atoms with Crippen LogP contribution in [0.2, 0.25) is 0 Å². The normalized spacial score (nSPS) is 11.1. The van der Waals surface area contributed by atoms with E-state index in [0.29, 0.717) is 18.9 Å². The monoisotopic (exact) mass is 363 g/mol. The van der Waals surface area contributed by atoms with Crippen LogP contribution in [-0.4, -0.2) is 37.4 Å². The summed E-state index contributed by atoms with van der Waals surface area (Å²) in [7, 11) is -3.69. The maximum atomic E-state index is 12.1. The van der Waals surface area contributed by atoms with Crippen LogP contribution in [-0.2, 0) is 16.4 Å². The Hall–Kier alpha value is -2.52. The third-order valence-electron chi connectivity index (χ3n) is 3.37. The molecule has 1 aromatic heterocycles. The number of amides is 1. The number of benzene rings is 1. The van der Waals surface area contributed by atoms with Gasteiger partial charge in [0.25, 0.3) is 5.91 Å². The molecule has 0 aliphatic rings. The summed E-state index contributed by atoms with van der Waals surface area (Å²) in [5, 5.41) is 10.9. The van der Waals surface area contributed by atoms with Gasteiger partial charge in [0.15, 0.2) is 0 Å². The second-order valence-corrected chi connectivity index (χ2v) is 6.95. The van der Waals surface area contributed by atoms with E-state index >= 15 is 0 Å². The first-order valence-corrected chi connectivity index (χ1v) is 9.41. The van der Waals surface area contributed by atoms with Gasteiger partial charge in [-0.2, -0.15) is 0 Å². The third-order valence-corrected chi connectivity index (χ3v) is 4.30. The van der Waals surface area contributed by atoms with Crippen LogP contribution in [0.3, 0.4) is 0 Å². The van der Waals surface area contributed by atoms with Gasteiger partial charge >= 0.3 is 0 Å². The van der Waals surface area contributed by atoms with E-state index in [4.69, 9.17) is 5.14 Å². The van der Waals surface area contributed by atoms with Crippen molar-refractivity contribution in [1.29, 1.82) is 0 Å². The van der Waals surface area contributed by atoms with Crippen molar-refractivity contribution in [3.8, 4) is 0 Å². The van der Waals surface area contributed by atoms with Crippen LogP contribution in [0.1, 0.15) is 29.4 Å². The molecule has 4 N–H and O–H groups in total. The maximum absolute atomic E-state index is 12.1. The van der Waals surface area contributed by atoms with Gasteiger partial charge in [-0.05, 0) is 36.6 Å². The molecular formula is C16H21N5O3S. The molecule has 1 amide bonds. The van der Waals surface area contributed by atoms with Crippen molar-refractivity contribution in [2.75, 3.05) is 18.4 Å². The number of aromatic nitrogens is 2. The lowest BCUT2D eigenvalue weighted by molar-refractivity contribution is 0.0949. The summed E-state index contributed by atoms with van der Waals surface area (Å²) in [5.41, 5.74) is 1.18. The highest BCUT2D eigenvalue weighted by atomic mass is 32.2. The summed E-state index contributed by atoms with van der Waals surface area (Å²) in [5.74, 6) is 0.135. The van der Waals surface area contributed by atoms with Crippen molar-refractivity contribution in [2.45, 2.75) is 24.7 Å². The Labute approximate surface area is 146 Å². The van der Waals surface area contributed by atoms with E-state index in [0.717, 1.165) is 18.5 Å². The molecule has 2 rings (SSSR count). The van der Waals surface area contributed by atoms with Crippen LogP contribution in [0.4, 0.5) is 5.95 Å². The minimum absolute atomic E-state index is 0.0633. The van der Waals surface area contributed by atoms with E-state index in [2.05, 4.69) is 20.6 Å². The van der Waals surface area contributed by atoms with Crippen LogP contribution in [0.5, 0.6) is 0 Å². The van der Waals surface area contributed by atoms with Crippen molar-refractivity contribution >= 4 is 21.9 Å². The molecule has 0 unspecified atom stereocenters. The smallest absolute Gasteiger partial charge is 0.270 e. The summed E-state index contributed by atoms with van der Waals surface area (Å²) < 4.78 is 22.4. The zero-order valence-corrected chi connectivity index (χ0v) is 14.7. The van der Waals surface area contributed by atoms with E-state index in [-0.39, 0.29) is 16.5 Å². The van der Waals surface area contributed by atoms with Gasteiger partial charge in [0, 0.05) is 19.3 Å². The highest BCUT2D eigenvalue weighted by Gasteiger charge is 2.09. The fourth-order valence-electron chi connectivity index (χ4n) is 2.06. The molecule has 0 fully saturated rings. The molecule has 25 heavy (non-hydrogen) atoms. The lowest BCUT2D eigenvalue weighted by atomic mass is 10.1. The molecule has 2 aromatic rings. The first-order valence-electron chi connectivity index (χ1n) is 7.87. The number of primary sulfonamides is 1. The van der Waals surface area contributed by atoms with Gasteiger partial charge < -0.3 is 10.6 Å². The van der Waals surface area contributed by atoms with Crippen LogP contribution in [0.15, 0.2) is 41.4 Å². The molecule has 0 saturated carbocycles. The van der Waals surface area contributed by atoms with Gasteiger partial charge in [-0.3, -0.25) is 4.79 Å². The first kappa shape index (κ1) is 18.8. The van der Waals surface area contributed by atoms with E-state index in [1.165, 1.54) is 18.3 Å². The predicted molar refractivity (Wildman–Crippen MR) is 94.7 cm³/mol. The second kappa shape index (κ2) is 8.54. The van der Waals surface area contributed by atoms with Crippen molar-refractivity contribution in [3.63, 3.8) is 0 Å². The molecule has 8 nitrogen and oxygen atoms in total. The number of hydrogen-bond donors (Lipinski definition) is 3. The topological polar surface area (TPSA) is 127 Å². The van der Waals surface area contributed by atoms with Gasteiger partial charge in [-0.25, -0.2) is 23.5 Å². The molecule has 0 bridgehead atoms. The Bertz CT molecular complexity index is 822. The predicted octanol–water partition coefficient (Wildman–Crippen LogP) is 0.918. The third kappa shape index (κ3) is 5.80. The summed E-state index contributed by atoms with van der Waals surface area (Å²) in [4.78, 5) is 20.4. The summed E-state index contributed by atoms with van der Waals surface area (Å²) in [6.07, 6.45) is 3.03. The van der Waals surface area contributed by atoms with E-state index in [1.807, 2.05) is 6.92 Å². The summed E-state index contributed by atoms with van der Waals surface area (Å²) >= 11 is 0. The quantitative estimate of drug-likeness (QED) is 0.640. The van der Waals surface area contributed by atoms with Crippen molar-refractivity contribution < 1.29 is 13.2 Å². The van der Waals surface area contributed by atoms with E-state index in [1.54, 1.807) is 18.2 Å². The Morgan fingerprint density at radius 3 is 2.52 bits per heavy atom. The number of nitrogens with zero attached hydrogens (tertiary/aromatic N) is 2. The lowest BCUT2D eigenvalue weighted by Gasteiger charge is -2.07. The minimum Gasteiger partial charge on any atom is -0.354 e. The lowest BCUT2D eigenvalue weighted by Crippen LogP contribution is -2.27. The molecule has 1 heterocycles. The Morgan fingerprint density at radius 2 is 1.88 bits per heavy atom. The van der Waals surface area contributed by atoms with E-state index < -0.39 is 10.0 Å². The molecule has 0 radical (unpaired) electrons. The number of sulfonamides is 1. The Morgan fingerprint density at radius 1 is 1.16 bits per heavy atom. The van der Waals surface area contributed by atoms with Gasteiger partial charge in [-0.15, -0.1) is 0 Å². The number of rotatable bonds is 8. The number of carbonyl (C=O) groups excluding carboxylic acids is 1. The molecule has 0 spiro atoms. The zero-order valence-electron chi connectivity index (χ0n) is 13.9. The van der Waals surface area contributed by atoms with Crippen LogP contribution in [0, 0.1) is 0 Å². The van der Waals surface area contributed by atoms with Gasteiger partial charge in [0.1, 0.15) is 5.69 Å². The van der Waals surface area contributed by atoms with Gasteiger partial charge in [0.05, 0.1) is 4.90 Å². The highest BCUT2D eigenvalue weighted by Crippen LogP contribution is 2.09. The van der Waals surface area contributed by atoms with Gasteiger partial charge in [-0.1, -0.05) is 19.1 Å². The van der Waals surface area contributed by atoms with Crippen LogP contribution < -0.4 is 15.8 Å². The largest absolute Gasteiger partial charge is 0.354 e. The fraction of sp³-hybridized carbons (Fsp3) is 0.312. The SMILES string of the molecule is CCCNc1nccc(C(=O)NCCc2ccc(S(N)(=O)=O)cc2)n1. The number of carbonyl (C=O) groups is 1. The van der Waals surface area contributed by atoms with Gasteiger partial charge in [0.2, 0.25) is 16.0 Å². The van der Waals surface area contributed by atoms with Crippen LogP contribution >= 0.6 is 0 Å². The zero-order chi connectivity index (χ0) is 18.3. The van der Waals surface area contributed by atoms with Crippen molar-refractivity contribution in [2.24, 2.45) is 5.14 Å². The number of nitrogens with one attached hydrogen (secondary N) is 2. The molecule has 0 saturated heterocycles. The molecule has 134 valence electrons. The molecule has 9 heteroatoms. The molecule has 1 aromatic carbocycles. The van der Waals surface area contributed by atoms with E-state index in [9.17, 15) is 13.2 Å². The average Bonchev–Trinajstić information content (AvgIpc) is 2.60. The first-order chi connectivity index (χ1) is 11.9. The number of hydrogen-bond acceptors (Lipinski definition) is 6. The molecular weight excluding hydrogens is 342 g/mol. The number of anilines is 1. The molecule has 0 atom stereocenters. The highest BCUT2D eigenvalue weighted by molar-refractivity contribution is 7.89. The van der Waals surface area contributed by atoms with Crippen molar-refractivity contribution in [1.82, 2.24) is 15.3 Å². The second-order valence-electron chi connectivity index (χ2n) is 5.39.